The minimum absolute atomic E-state index is 0.138. The second-order valence-electron chi connectivity index (χ2n) is 6.91. The molecule has 0 radical (unpaired) electrons. The summed E-state index contributed by atoms with van der Waals surface area (Å²) in [4.78, 5) is 45.0. The Morgan fingerprint density at radius 1 is 0.794 bits per heavy atom. The molecule has 0 spiro atoms. The van der Waals surface area contributed by atoms with Gasteiger partial charge in [0.1, 0.15) is 0 Å². The molecule has 0 aromatic heterocycles. The number of nitrogens with one attached hydrogen (secondary N) is 3. The molecule has 0 aliphatic carbocycles. The molecule has 3 rings (SSSR count). The Morgan fingerprint density at radius 2 is 1.38 bits per heavy atom. The van der Waals surface area contributed by atoms with Gasteiger partial charge in [-0.05, 0) is 42.0 Å². The first-order valence-electron chi connectivity index (χ1n) is 9.71. The van der Waals surface area contributed by atoms with Gasteiger partial charge in [-0.15, -0.1) is 0 Å². The van der Waals surface area contributed by atoms with Crippen LogP contribution in [0.4, 0.5) is 17.1 Å². The molecule has 12 heteroatoms. The average Bonchev–Trinajstić information content (AvgIpc) is 2.83. The number of hydrogen-bond acceptors (Lipinski definition) is 7. The van der Waals surface area contributed by atoms with Crippen molar-refractivity contribution in [2.75, 3.05) is 5.32 Å². The number of rotatable bonds is 7. The predicted molar refractivity (Wildman–Crippen MR) is 127 cm³/mol. The lowest BCUT2D eigenvalue weighted by molar-refractivity contribution is -0.394. The summed E-state index contributed by atoms with van der Waals surface area (Å²) in [5, 5.41) is 29.7. The summed E-state index contributed by atoms with van der Waals surface area (Å²) in [5.74, 6) is -1.13. The smallest absolute Gasteiger partial charge is 0.277 e. The van der Waals surface area contributed by atoms with E-state index in [2.05, 4.69) is 16.0 Å². The number of hydrogen-bond donors (Lipinski definition) is 3. The molecule has 0 aliphatic heterocycles. The van der Waals surface area contributed by atoms with Gasteiger partial charge >= 0.3 is 0 Å². The number of nitro benzene ring substituents is 2. The van der Waals surface area contributed by atoms with E-state index in [4.69, 9.17) is 12.2 Å². The Kier molecular flexibility index (Phi) is 7.56. The number of anilines is 1. The Bertz CT molecular complexity index is 1230. The fourth-order valence-electron chi connectivity index (χ4n) is 2.86. The van der Waals surface area contributed by atoms with Crippen LogP contribution in [0.15, 0.2) is 72.8 Å². The molecule has 0 heterocycles. The van der Waals surface area contributed by atoms with Crippen LogP contribution in [-0.4, -0.2) is 26.8 Å². The van der Waals surface area contributed by atoms with Crippen LogP contribution in [-0.2, 0) is 6.54 Å². The highest BCUT2D eigenvalue weighted by atomic mass is 32.1. The SMILES string of the molecule is O=C(NCc1ccccc1)c1ccc(NC(=S)NC(=O)c2cc([N+](=O)[O-])cc([N+](=O)[O-])c2)cc1. The molecule has 2 amide bonds. The quantitative estimate of drug-likeness (QED) is 0.264. The number of carbonyl (C=O) groups is 2. The molecule has 0 aliphatic rings. The van der Waals surface area contributed by atoms with Gasteiger partial charge in [-0.1, -0.05) is 30.3 Å². The van der Waals surface area contributed by atoms with Crippen LogP contribution < -0.4 is 16.0 Å². The summed E-state index contributed by atoms with van der Waals surface area (Å²) in [6.45, 7) is 0.381. The zero-order valence-electron chi connectivity index (χ0n) is 17.4. The lowest BCUT2D eigenvalue weighted by Gasteiger charge is -2.10. The van der Waals surface area contributed by atoms with E-state index < -0.39 is 27.1 Å². The van der Waals surface area contributed by atoms with E-state index in [1.165, 1.54) is 0 Å². The largest absolute Gasteiger partial charge is 0.348 e. The topological polar surface area (TPSA) is 157 Å². The Hall–Kier alpha value is -4.71. The maximum Gasteiger partial charge on any atom is 0.277 e. The fraction of sp³-hybridized carbons (Fsp3) is 0.0455. The van der Waals surface area contributed by atoms with E-state index in [9.17, 15) is 29.8 Å². The van der Waals surface area contributed by atoms with Gasteiger partial charge in [0, 0.05) is 29.9 Å². The number of nitro groups is 2. The van der Waals surface area contributed by atoms with Crippen molar-refractivity contribution in [3.8, 4) is 0 Å². The van der Waals surface area contributed by atoms with Crippen LogP contribution in [0.25, 0.3) is 0 Å². The first-order valence-corrected chi connectivity index (χ1v) is 10.1. The minimum atomic E-state index is -0.860. The highest BCUT2D eigenvalue weighted by Gasteiger charge is 2.20. The van der Waals surface area contributed by atoms with Crippen molar-refractivity contribution in [2.45, 2.75) is 6.54 Å². The highest BCUT2D eigenvalue weighted by Crippen LogP contribution is 2.22. The van der Waals surface area contributed by atoms with Gasteiger partial charge in [0.25, 0.3) is 23.2 Å². The molecule has 0 fully saturated rings. The minimum Gasteiger partial charge on any atom is -0.348 e. The molecule has 0 atom stereocenters. The van der Waals surface area contributed by atoms with Crippen molar-refractivity contribution in [1.29, 1.82) is 0 Å². The number of benzene rings is 3. The molecular formula is C22H17N5O6S. The van der Waals surface area contributed by atoms with Crippen molar-refractivity contribution in [2.24, 2.45) is 0 Å². The van der Waals surface area contributed by atoms with E-state index in [1.807, 2.05) is 30.3 Å². The Balaban J connectivity index is 1.59. The van der Waals surface area contributed by atoms with E-state index in [-0.39, 0.29) is 16.6 Å². The van der Waals surface area contributed by atoms with Crippen molar-refractivity contribution in [3.05, 3.63) is 110 Å². The summed E-state index contributed by atoms with van der Waals surface area (Å²) in [6.07, 6.45) is 0. The normalized spacial score (nSPS) is 10.1. The summed E-state index contributed by atoms with van der Waals surface area (Å²) < 4.78 is 0. The van der Waals surface area contributed by atoms with Gasteiger partial charge < -0.3 is 10.6 Å². The van der Waals surface area contributed by atoms with Crippen molar-refractivity contribution in [1.82, 2.24) is 10.6 Å². The number of carbonyl (C=O) groups excluding carboxylic acids is 2. The molecule has 3 aromatic rings. The second kappa shape index (κ2) is 10.7. The standard InChI is InChI=1S/C22H17N5O6S/c28-20(23-13-14-4-2-1-3-5-14)15-6-8-17(9-7-15)24-22(34)25-21(29)16-10-18(26(30)31)12-19(11-16)27(32)33/h1-12H,13H2,(H,23,28)(H2,24,25,29,34). The van der Waals surface area contributed by atoms with Crippen LogP contribution in [0, 0.1) is 20.2 Å². The summed E-state index contributed by atoms with van der Waals surface area (Å²) in [5.41, 5.74) is 0.355. The van der Waals surface area contributed by atoms with Crippen molar-refractivity contribution < 1.29 is 19.4 Å². The molecule has 11 nitrogen and oxygen atoms in total. The van der Waals surface area contributed by atoms with Crippen LogP contribution in [0.3, 0.4) is 0 Å². The highest BCUT2D eigenvalue weighted by molar-refractivity contribution is 7.80. The van der Waals surface area contributed by atoms with E-state index in [1.54, 1.807) is 24.3 Å². The van der Waals surface area contributed by atoms with E-state index in [0.29, 0.717) is 17.8 Å². The van der Waals surface area contributed by atoms with Gasteiger partial charge in [-0.2, -0.15) is 0 Å². The third-order valence-corrected chi connectivity index (χ3v) is 4.72. The van der Waals surface area contributed by atoms with Gasteiger partial charge in [-0.3, -0.25) is 35.1 Å². The van der Waals surface area contributed by atoms with Gasteiger partial charge in [0.2, 0.25) is 0 Å². The summed E-state index contributed by atoms with van der Waals surface area (Å²) >= 11 is 5.07. The third-order valence-electron chi connectivity index (χ3n) is 4.51. The molecule has 0 bridgehead atoms. The number of thiocarbonyl (C=S) groups is 1. The number of non-ortho nitro benzene ring substituents is 2. The zero-order chi connectivity index (χ0) is 24.7. The Morgan fingerprint density at radius 3 is 1.94 bits per heavy atom. The molecule has 3 aromatic carbocycles. The Labute approximate surface area is 198 Å². The van der Waals surface area contributed by atoms with E-state index in [0.717, 1.165) is 23.8 Å². The summed E-state index contributed by atoms with van der Waals surface area (Å²) in [7, 11) is 0. The van der Waals surface area contributed by atoms with Crippen LogP contribution in [0.2, 0.25) is 0 Å². The van der Waals surface area contributed by atoms with Crippen molar-refractivity contribution >= 4 is 46.2 Å². The number of amides is 2. The predicted octanol–water partition coefficient (Wildman–Crippen LogP) is 3.56. The lowest BCUT2D eigenvalue weighted by atomic mass is 10.1. The van der Waals surface area contributed by atoms with E-state index >= 15 is 0 Å². The molecular weight excluding hydrogens is 462 g/mol. The fourth-order valence-corrected chi connectivity index (χ4v) is 3.07. The van der Waals surface area contributed by atoms with Gasteiger partial charge in [0.05, 0.1) is 21.5 Å². The monoisotopic (exact) mass is 479 g/mol. The second-order valence-corrected chi connectivity index (χ2v) is 7.31. The first kappa shape index (κ1) is 23.9. The first-order chi connectivity index (χ1) is 16.2. The third kappa shape index (κ3) is 6.40. The molecule has 3 N–H and O–H groups in total. The zero-order valence-corrected chi connectivity index (χ0v) is 18.2. The lowest BCUT2D eigenvalue weighted by Crippen LogP contribution is -2.34. The average molecular weight is 479 g/mol. The molecule has 0 unspecified atom stereocenters. The summed E-state index contributed by atoms with van der Waals surface area (Å²) in [6, 6.07) is 18.3. The number of nitrogens with zero attached hydrogens (tertiary/aromatic N) is 2. The maximum atomic E-state index is 12.4. The van der Waals surface area contributed by atoms with Crippen LogP contribution in [0.5, 0.6) is 0 Å². The van der Waals surface area contributed by atoms with Gasteiger partial charge in [0.15, 0.2) is 5.11 Å². The van der Waals surface area contributed by atoms with Crippen molar-refractivity contribution in [3.63, 3.8) is 0 Å². The molecule has 172 valence electrons. The molecule has 34 heavy (non-hydrogen) atoms. The molecule has 0 saturated heterocycles. The maximum absolute atomic E-state index is 12.4. The van der Waals surface area contributed by atoms with Gasteiger partial charge in [-0.25, -0.2) is 0 Å². The van der Waals surface area contributed by atoms with Crippen LogP contribution >= 0.6 is 12.2 Å². The molecule has 0 saturated carbocycles. The van der Waals surface area contributed by atoms with Crippen LogP contribution in [0.1, 0.15) is 26.3 Å².